The number of imidazole rings is 1. The Hall–Kier alpha value is -3.98. The molecule has 2 aromatic heterocycles. The van der Waals surface area contributed by atoms with Crippen LogP contribution in [0.5, 0.6) is 5.75 Å². The van der Waals surface area contributed by atoms with Crippen LogP contribution in [0.1, 0.15) is 28.8 Å². The lowest BCUT2D eigenvalue weighted by molar-refractivity contribution is 0.0968. The molecule has 0 spiro atoms. The zero-order chi connectivity index (χ0) is 23.7. The predicted octanol–water partition coefficient (Wildman–Crippen LogP) is 2.16. The van der Waals surface area contributed by atoms with E-state index in [4.69, 9.17) is 10.7 Å². The normalized spacial score (nSPS) is 16.1. The molecule has 1 aliphatic rings. The number of rotatable bonds is 6. The maximum Gasteiger partial charge on any atom is 0.280 e. The minimum Gasteiger partial charge on any atom is -0.507 e. The summed E-state index contributed by atoms with van der Waals surface area (Å²) in [6, 6.07) is 16.2. The zero-order valence-electron chi connectivity index (χ0n) is 18.7. The summed E-state index contributed by atoms with van der Waals surface area (Å²) < 4.78 is 3.14. The van der Waals surface area contributed by atoms with E-state index in [1.807, 2.05) is 34.9 Å². The third-order valence-electron chi connectivity index (χ3n) is 6.15. The molecule has 1 unspecified atom stereocenters. The van der Waals surface area contributed by atoms with Crippen LogP contribution in [-0.4, -0.2) is 49.1 Å². The van der Waals surface area contributed by atoms with Gasteiger partial charge in [0.05, 0.1) is 18.7 Å². The zero-order valence-corrected chi connectivity index (χ0v) is 18.7. The van der Waals surface area contributed by atoms with Crippen molar-refractivity contribution in [2.24, 2.45) is 5.73 Å². The van der Waals surface area contributed by atoms with E-state index in [0.717, 1.165) is 24.9 Å². The van der Waals surface area contributed by atoms with Gasteiger partial charge in [0, 0.05) is 19.1 Å². The van der Waals surface area contributed by atoms with Gasteiger partial charge in [0.2, 0.25) is 5.95 Å². The molecule has 0 radical (unpaired) electrons. The molecule has 0 bridgehead atoms. The van der Waals surface area contributed by atoms with Gasteiger partial charge in [-0.1, -0.05) is 42.5 Å². The van der Waals surface area contributed by atoms with Gasteiger partial charge in [0.25, 0.3) is 5.56 Å². The van der Waals surface area contributed by atoms with Gasteiger partial charge in [-0.2, -0.15) is 4.98 Å². The molecule has 9 nitrogen and oxygen atoms in total. The van der Waals surface area contributed by atoms with Crippen molar-refractivity contribution in [3.05, 3.63) is 82.4 Å². The first-order chi connectivity index (χ1) is 16.5. The Labute approximate surface area is 196 Å². The highest BCUT2D eigenvalue weighted by molar-refractivity contribution is 5.98. The number of nitrogens with two attached hydrogens (primary N) is 1. The Morgan fingerprint density at radius 1 is 1.12 bits per heavy atom. The molecule has 4 aromatic rings. The van der Waals surface area contributed by atoms with Crippen LogP contribution in [0.4, 0.5) is 5.95 Å². The summed E-state index contributed by atoms with van der Waals surface area (Å²) in [6.07, 6.45) is 3.24. The molecule has 174 valence electrons. The Bertz CT molecular complexity index is 1400. The van der Waals surface area contributed by atoms with E-state index in [1.165, 1.54) is 23.0 Å². The van der Waals surface area contributed by atoms with Crippen LogP contribution in [-0.2, 0) is 13.1 Å². The second-order valence-electron chi connectivity index (χ2n) is 8.62. The van der Waals surface area contributed by atoms with Crippen LogP contribution in [0.2, 0.25) is 0 Å². The van der Waals surface area contributed by atoms with Crippen molar-refractivity contribution >= 4 is 22.9 Å². The lowest BCUT2D eigenvalue weighted by atomic mass is 10.1. The van der Waals surface area contributed by atoms with Crippen LogP contribution >= 0.6 is 0 Å². The number of hydrogen-bond acceptors (Lipinski definition) is 7. The molecular weight excluding hydrogens is 432 g/mol. The number of phenols is 1. The lowest BCUT2D eigenvalue weighted by Crippen LogP contribution is -2.44. The quantitative estimate of drug-likeness (QED) is 0.425. The van der Waals surface area contributed by atoms with Gasteiger partial charge >= 0.3 is 0 Å². The fourth-order valence-corrected chi connectivity index (χ4v) is 4.45. The topological polar surface area (TPSA) is 119 Å². The van der Waals surface area contributed by atoms with Gasteiger partial charge in [0.1, 0.15) is 12.1 Å². The Balaban J connectivity index is 1.59. The second kappa shape index (κ2) is 9.11. The number of aromatic nitrogens is 4. The van der Waals surface area contributed by atoms with Crippen molar-refractivity contribution < 1.29 is 9.90 Å². The number of fused-ring (bicyclic) bond motifs is 1. The molecule has 0 amide bonds. The summed E-state index contributed by atoms with van der Waals surface area (Å²) in [6.45, 7) is 1.65. The molecule has 2 aromatic carbocycles. The number of carbonyl (C=O) groups excluding carboxylic acids is 1. The first-order valence-electron chi connectivity index (χ1n) is 11.3. The highest BCUT2D eigenvalue weighted by Gasteiger charge is 2.25. The van der Waals surface area contributed by atoms with Crippen LogP contribution in [0.3, 0.4) is 0 Å². The van der Waals surface area contributed by atoms with Gasteiger partial charge in [-0.3, -0.25) is 18.7 Å². The van der Waals surface area contributed by atoms with Crippen molar-refractivity contribution in [3.8, 4) is 5.75 Å². The van der Waals surface area contributed by atoms with Crippen molar-refractivity contribution in [2.45, 2.75) is 32.0 Å². The summed E-state index contributed by atoms with van der Waals surface area (Å²) >= 11 is 0. The SMILES string of the molecule is NC1CCCN(c2nc3ncn(CC(=O)c4ccccc4O)c(=O)c3n2Cc2ccccc2)C1. The molecule has 9 heteroatoms. The summed E-state index contributed by atoms with van der Waals surface area (Å²) in [4.78, 5) is 37.6. The van der Waals surface area contributed by atoms with Gasteiger partial charge < -0.3 is 15.7 Å². The number of hydrogen-bond donors (Lipinski definition) is 2. The van der Waals surface area contributed by atoms with Gasteiger partial charge in [-0.05, 0) is 30.5 Å². The Morgan fingerprint density at radius 2 is 1.88 bits per heavy atom. The number of Topliss-reactive ketones (excluding diaryl/α,β-unsaturated/α-hetero) is 1. The molecule has 0 saturated carbocycles. The van der Waals surface area contributed by atoms with Crippen LogP contribution < -0.4 is 16.2 Å². The molecule has 1 atom stereocenters. The molecule has 1 saturated heterocycles. The van der Waals surface area contributed by atoms with Gasteiger partial charge in [-0.25, -0.2) is 4.98 Å². The van der Waals surface area contributed by atoms with E-state index >= 15 is 0 Å². The van der Waals surface area contributed by atoms with E-state index < -0.39 is 0 Å². The summed E-state index contributed by atoms with van der Waals surface area (Å²) in [5, 5.41) is 10.0. The van der Waals surface area contributed by atoms with Crippen LogP contribution in [0, 0.1) is 0 Å². The monoisotopic (exact) mass is 458 g/mol. The highest BCUT2D eigenvalue weighted by atomic mass is 16.3. The number of nitrogens with zero attached hydrogens (tertiary/aromatic N) is 5. The lowest BCUT2D eigenvalue weighted by Gasteiger charge is -2.31. The molecule has 3 heterocycles. The first-order valence-corrected chi connectivity index (χ1v) is 11.3. The number of aromatic hydroxyl groups is 1. The highest BCUT2D eigenvalue weighted by Crippen LogP contribution is 2.24. The second-order valence-corrected chi connectivity index (χ2v) is 8.62. The minimum atomic E-state index is -0.377. The molecule has 3 N–H and O–H groups in total. The Kier molecular flexibility index (Phi) is 5.85. The van der Waals surface area contributed by atoms with Crippen molar-refractivity contribution in [1.29, 1.82) is 0 Å². The third-order valence-corrected chi connectivity index (χ3v) is 6.15. The summed E-state index contributed by atoms with van der Waals surface area (Å²) in [7, 11) is 0. The number of benzene rings is 2. The van der Waals surface area contributed by atoms with Crippen LogP contribution in [0.15, 0.2) is 65.7 Å². The Morgan fingerprint density at radius 3 is 2.65 bits per heavy atom. The number of phenolic OH excluding ortho intramolecular Hbond substituents is 1. The molecule has 1 aliphatic heterocycles. The van der Waals surface area contributed by atoms with Gasteiger partial charge in [-0.15, -0.1) is 0 Å². The number of piperidine rings is 1. The number of ketones is 1. The predicted molar refractivity (Wildman–Crippen MR) is 129 cm³/mol. The van der Waals surface area contributed by atoms with Crippen molar-refractivity contribution in [3.63, 3.8) is 0 Å². The maximum atomic E-state index is 13.6. The molecular formula is C25H26N6O3. The largest absolute Gasteiger partial charge is 0.507 e. The number of para-hydroxylation sites is 1. The fourth-order valence-electron chi connectivity index (χ4n) is 4.45. The number of anilines is 1. The molecule has 5 rings (SSSR count). The van der Waals surface area contributed by atoms with Crippen molar-refractivity contribution in [2.75, 3.05) is 18.0 Å². The standard InChI is InChI=1S/C25H26N6O3/c26-18-9-6-12-29(14-18)25-28-23-22(31(25)13-17-7-2-1-3-8-17)24(34)30(16-27-23)15-21(33)19-10-4-5-11-20(19)32/h1-5,7-8,10-11,16,18,32H,6,9,12-15,26H2. The summed E-state index contributed by atoms with van der Waals surface area (Å²) in [5.74, 6) is 0.161. The molecule has 1 fully saturated rings. The number of carbonyl (C=O) groups is 1. The van der Waals surface area contributed by atoms with Crippen LogP contribution in [0.25, 0.3) is 11.2 Å². The van der Waals surface area contributed by atoms with E-state index in [0.29, 0.717) is 30.2 Å². The summed E-state index contributed by atoms with van der Waals surface area (Å²) in [5.41, 5.74) is 7.71. The average molecular weight is 459 g/mol. The van der Waals surface area contributed by atoms with E-state index in [2.05, 4.69) is 9.88 Å². The average Bonchev–Trinajstić information content (AvgIpc) is 3.21. The molecule has 0 aliphatic carbocycles. The van der Waals surface area contributed by atoms with Crippen molar-refractivity contribution in [1.82, 2.24) is 19.1 Å². The first kappa shape index (κ1) is 21.8. The van der Waals surface area contributed by atoms with E-state index in [1.54, 1.807) is 12.1 Å². The third kappa shape index (κ3) is 4.17. The fraction of sp³-hybridized carbons (Fsp3) is 0.280. The minimum absolute atomic E-state index is 0.0412. The van der Waals surface area contributed by atoms with Gasteiger partial charge in [0.15, 0.2) is 16.9 Å². The smallest absolute Gasteiger partial charge is 0.280 e. The molecule has 34 heavy (non-hydrogen) atoms. The van der Waals surface area contributed by atoms with E-state index in [9.17, 15) is 14.7 Å². The van der Waals surface area contributed by atoms with E-state index in [-0.39, 0.29) is 35.2 Å². The maximum absolute atomic E-state index is 13.6.